The van der Waals surface area contributed by atoms with E-state index in [1.165, 1.54) is 20.3 Å². The van der Waals surface area contributed by atoms with Crippen LogP contribution in [-0.4, -0.2) is 20.2 Å². The number of benzene rings is 1. The predicted octanol–water partition coefficient (Wildman–Crippen LogP) is 3.26. The van der Waals surface area contributed by atoms with Crippen molar-refractivity contribution < 1.29 is 23.0 Å². The molecule has 0 aromatic heterocycles. The number of nitrogens with two attached hydrogens (primary N) is 1. The van der Waals surface area contributed by atoms with E-state index in [1.807, 2.05) is 0 Å². The Morgan fingerprint density at radius 2 is 2.00 bits per heavy atom. The number of carbonyl (C=O) groups excluding carboxylic acids is 1. The predicted molar refractivity (Wildman–Crippen MR) is 71.8 cm³/mol. The van der Waals surface area contributed by atoms with Crippen molar-refractivity contribution in [1.29, 1.82) is 0 Å². The molecule has 0 radical (unpaired) electrons. The number of esters is 1. The van der Waals surface area contributed by atoms with Crippen molar-refractivity contribution >= 4 is 11.7 Å². The number of rotatable bonds is 5. The van der Waals surface area contributed by atoms with Gasteiger partial charge in [-0.1, -0.05) is 6.92 Å². The summed E-state index contributed by atoms with van der Waals surface area (Å²) in [5.74, 6) is -3.75. The first-order valence-electron chi connectivity index (χ1n) is 6.19. The first-order valence-corrected chi connectivity index (χ1v) is 6.19. The summed E-state index contributed by atoms with van der Waals surface area (Å²) < 4.78 is 37.2. The van der Waals surface area contributed by atoms with Gasteiger partial charge in [-0.05, 0) is 24.1 Å². The number of hydrogen-bond donors (Lipinski definition) is 1. The summed E-state index contributed by atoms with van der Waals surface area (Å²) in [5.41, 5.74) is 5.70. The molecule has 0 saturated heterocycles. The summed E-state index contributed by atoms with van der Waals surface area (Å²) in [6, 6.07) is 2.44. The van der Waals surface area contributed by atoms with Crippen molar-refractivity contribution in [2.24, 2.45) is 0 Å². The molecule has 0 spiro atoms. The molecule has 0 heterocycles. The second kappa shape index (κ2) is 6.17. The number of anilines is 1. The first kappa shape index (κ1) is 16.4. The Morgan fingerprint density at radius 3 is 2.40 bits per heavy atom. The van der Waals surface area contributed by atoms with E-state index in [-0.39, 0.29) is 22.4 Å². The molecular weight excluding hydrogens is 268 g/mol. The molecule has 0 saturated carbocycles. The molecule has 1 rings (SSSR count). The number of hydrogen-bond acceptors (Lipinski definition) is 4. The molecule has 112 valence electrons. The molecule has 20 heavy (non-hydrogen) atoms. The third-order valence-corrected chi connectivity index (χ3v) is 3.10. The van der Waals surface area contributed by atoms with E-state index < -0.39 is 18.0 Å². The molecule has 0 bridgehead atoms. The van der Waals surface area contributed by atoms with Crippen molar-refractivity contribution in [1.82, 2.24) is 0 Å². The van der Waals surface area contributed by atoms with Crippen LogP contribution in [0.1, 0.15) is 47.9 Å². The van der Waals surface area contributed by atoms with Crippen molar-refractivity contribution in [3.05, 3.63) is 28.8 Å². The SMILES string of the molecule is CCC(OC)c1cc(C(=O)OC)c(N)cc1C(C)(F)F. The fourth-order valence-corrected chi connectivity index (χ4v) is 2.08. The summed E-state index contributed by atoms with van der Waals surface area (Å²) in [5, 5.41) is 0. The fraction of sp³-hybridized carbons (Fsp3) is 0.500. The van der Waals surface area contributed by atoms with Gasteiger partial charge in [0.2, 0.25) is 0 Å². The van der Waals surface area contributed by atoms with E-state index in [2.05, 4.69) is 4.74 Å². The van der Waals surface area contributed by atoms with Gasteiger partial charge in [-0.15, -0.1) is 0 Å². The minimum Gasteiger partial charge on any atom is -0.465 e. The number of nitrogen functional groups attached to an aromatic ring is 1. The number of methoxy groups -OCH3 is 2. The molecule has 4 nitrogen and oxygen atoms in total. The average molecular weight is 287 g/mol. The van der Waals surface area contributed by atoms with Gasteiger partial charge < -0.3 is 15.2 Å². The molecule has 0 aliphatic rings. The lowest BCUT2D eigenvalue weighted by molar-refractivity contribution is 0.0115. The smallest absolute Gasteiger partial charge is 0.339 e. The van der Waals surface area contributed by atoms with Gasteiger partial charge >= 0.3 is 5.97 Å². The number of ether oxygens (including phenoxy) is 2. The molecular formula is C14H19F2NO3. The van der Waals surface area contributed by atoms with E-state index >= 15 is 0 Å². The standard InChI is InChI=1S/C14H19F2NO3/c1-5-12(19-3)8-6-9(13(18)20-4)11(17)7-10(8)14(2,15)16/h6-7,12H,5,17H2,1-4H3. The lowest BCUT2D eigenvalue weighted by atomic mass is 9.93. The minimum absolute atomic E-state index is 0.0388. The van der Waals surface area contributed by atoms with Crippen molar-refractivity contribution in [2.75, 3.05) is 20.0 Å². The number of alkyl halides is 2. The van der Waals surface area contributed by atoms with Gasteiger partial charge in [0.05, 0.1) is 18.8 Å². The Labute approximate surface area is 116 Å². The lowest BCUT2D eigenvalue weighted by Crippen LogP contribution is -2.17. The number of carbonyl (C=O) groups is 1. The Kier molecular flexibility index (Phi) is 5.05. The topological polar surface area (TPSA) is 61.5 Å². The summed E-state index contributed by atoms with van der Waals surface area (Å²) in [4.78, 5) is 11.6. The lowest BCUT2D eigenvalue weighted by Gasteiger charge is -2.23. The summed E-state index contributed by atoms with van der Waals surface area (Å²) in [6.07, 6.45) is -0.0516. The van der Waals surface area contributed by atoms with Crippen molar-refractivity contribution in [3.8, 4) is 0 Å². The minimum atomic E-state index is -3.08. The van der Waals surface area contributed by atoms with Crippen LogP contribution >= 0.6 is 0 Å². The molecule has 0 fully saturated rings. The van der Waals surface area contributed by atoms with Crippen LogP contribution in [0.5, 0.6) is 0 Å². The molecule has 1 aromatic carbocycles. The maximum absolute atomic E-state index is 13.7. The maximum Gasteiger partial charge on any atom is 0.339 e. The van der Waals surface area contributed by atoms with E-state index in [1.54, 1.807) is 6.92 Å². The van der Waals surface area contributed by atoms with Crippen LogP contribution in [0.2, 0.25) is 0 Å². The molecule has 1 unspecified atom stereocenters. The Morgan fingerprint density at radius 1 is 1.40 bits per heavy atom. The van der Waals surface area contributed by atoms with Crippen LogP contribution in [0.4, 0.5) is 14.5 Å². The summed E-state index contributed by atoms with van der Waals surface area (Å²) >= 11 is 0. The van der Waals surface area contributed by atoms with E-state index in [0.717, 1.165) is 13.0 Å². The van der Waals surface area contributed by atoms with Gasteiger partial charge in [-0.3, -0.25) is 0 Å². The van der Waals surface area contributed by atoms with Gasteiger partial charge in [0.25, 0.3) is 5.92 Å². The third-order valence-electron chi connectivity index (χ3n) is 3.10. The van der Waals surface area contributed by atoms with Crippen molar-refractivity contribution in [2.45, 2.75) is 32.3 Å². The van der Waals surface area contributed by atoms with Crippen LogP contribution in [0, 0.1) is 0 Å². The van der Waals surface area contributed by atoms with Gasteiger partial charge in [0, 0.05) is 25.3 Å². The molecule has 2 N–H and O–H groups in total. The average Bonchev–Trinajstić information content (AvgIpc) is 2.39. The van der Waals surface area contributed by atoms with Crippen LogP contribution in [-0.2, 0) is 15.4 Å². The molecule has 1 atom stereocenters. The quantitative estimate of drug-likeness (QED) is 0.667. The highest BCUT2D eigenvalue weighted by Crippen LogP contribution is 2.37. The second-order valence-electron chi connectivity index (χ2n) is 4.54. The van der Waals surface area contributed by atoms with Gasteiger partial charge in [0.1, 0.15) is 0 Å². The van der Waals surface area contributed by atoms with Crippen LogP contribution < -0.4 is 5.73 Å². The zero-order valence-corrected chi connectivity index (χ0v) is 12.0. The monoisotopic (exact) mass is 287 g/mol. The Balaban J connectivity index is 3.53. The highest BCUT2D eigenvalue weighted by molar-refractivity contribution is 5.95. The fourth-order valence-electron chi connectivity index (χ4n) is 2.08. The normalized spacial score (nSPS) is 13.1. The third kappa shape index (κ3) is 3.25. The summed E-state index contributed by atoms with van der Waals surface area (Å²) in [7, 11) is 2.64. The Bertz CT molecular complexity index is 494. The van der Waals surface area contributed by atoms with Crippen LogP contribution in [0.15, 0.2) is 12.1 Å². The molecule has 0 amide bonds. The van der Waals surface area contributed by atoms with Gasteiger partial charge in [-0.2, -0.15) is 0 Å². The van der Waals surface area contributed by atoms with E-state index in [9.17, 15) is 13.6 Å². The van der Waals surface area contributed by atoms with Crippen molar-refractivity contribution in [3.63, 3.8) is 0 Å². The van der Waals surface area contributed by atoms with E-state index in [4.69, 9.17) is 10.5 Å². The van der Waals surface area contributed by atoms with Crippen LogP contribution in [0.3, 0.4) is 0 Å². The molecule has 6 heteroatoms. The zero-order valence-electron chi connectivity index (χ0n) is 12.0. The highest BCUT2D eigenvalue weighted by Gasteiger charge is 2.32. The maximum atomic E-state index is 13.7. The van der Waals surface area contributed by atoms with Gasteiger partial charge in [0.15, 0.2) is 0 Å². The molecule has 0 aliphatic carbocycles. The zero-order chi connectivity index (χ0) is 15.5. The highest BCUT2D eigenvalue weighted by atomic mass is 19.3. The summed E-state index contributed by atoms with van der Waals surface area (Å²) in [6.45, 7) is 2.59. The van der Waals surface area contributed by atoms with Gasteiger partial charge in [-0.25, -0.2) is 13.6 Å². The van der Waals surface area contributed by atoms with Crippen LogP contribution in [0.25, 0.3) is 0 Å². The van der Waals surface area contributed by atoms with E-state index in [0.29, 0.717) is 6.42 Å². The second-order valence-corrected chi connectivity index (χ2v) is 4.54. The Hall–Kier alpha value is -1.69. The molecule has 0 aliphatic heterocycles. The first-order chi connectivity index (χ1) is 9.26. The molecule has 1 aromatic rings. The number of halogens is 2. The largest absolute Gasteiger partial charge is 0.465 e.